The van der Waals surface area contributed by atoms with E-state index in [1.54, 1.807) is 0 Å². The van der Waals surface area contributed by atoms with E-state index in [2.05, 4.69) is 20.8 Å². The molecule has 0 saturated heterocycles. The van der Waals surface area contributed by atoms with Gasteiger partial charge in [0.05, 0.1) is 5.60 Å². The highest BCUT2D eigenvalue weighted by Gasteiger charge is 2.67. The summed E-state index contributed by atoms with van der Waals surface area (Å²) >= 11 is 0. The van der Waals surface area contributed by atoms with E-state index in [1.807, 2.05) is 6.92 Å². The van der Waals surface area contributed by atoms with Crippen LogP contribution in [0, 0.1) is 40.4 Å². The molecule has 31 heavy (non-hydrogen) atoms. The summed E-state index contributed by atoms with van der Waals surface area (Å²) in [5.41, 5.74) is -0.655. The summed E-state index contributed by atoms with van der Waals surface area (Å²) in [7, 11) is 0. The standard InChI is InChI=1S/C26H42O5/c1-15(30-16(2)27)21-9-10-22-20-8-7-18-13-19(31-17(3)28)11-12-24(18,4)23(20)26(6,29)14-25(21,22)5/h15,18-23,29H,7-14H2,1-6H3/t15-,18-,19+,20+,21+,22-,23-,24-,25-,26-/m0/s1. The third-order valence-electron chi connectivity index (χ3n) is 10.1. The number of hydrogen-bond donors (Lipinski definition) is 1. The third kappa shape index (κ3) is 3.73. The minimum Gasteiger partial charge on any atom is -0.463 e. The van der Waals surface area contributed by atoms with Crippen molar-refractivity contribution in [2.75, 3.05) is 0 Å². The van der Waals surface area contributed by atoms with Crippen LogP contribution in [-0.4, -0.2) is 34.9 Å². The molecular formula is C26H42O5. The van der Waals surface area contributed by atoms with Gasteiger partial charge in [0.25, 0.3) is 0 Å². The van der Waals surface area contributed by atoms with Crippen LogP contribution in [0.15, 0.2) is 0 Å². The van der Waals surface area contributed by atoms with Crippen molar-refractivity contribution in [2.24, 2.45) is 40.4 Å². The van der Waals surface area contributed by atoms with Crippen molar-refractivity contribution in [1.29, 1.82) is 0 Å². The highest BCUT2D eigenvalue weighted by Crippen LogP contribution is 2.70. The average Bonchev–Trinajstić information content (AvgIpc) is 2.96. The van der Waals surface area contributed by atoms with Crippen molar-refractivity contribution in [3.05, 3.63) is 0 Å². The van der Waals surface area contributed by atoms with E-state index >= 15 is 0 Å². The summed E-state index contributed by atoms with van der Waals surface area (Å²) in [5.74, 6) is 1.77. The maximum absolute atomic E-state index is 12.0. The Morgan fingerprint density at radius 1 is 0.968 bits per heavy atom. The van der Waals surface area contributed by atoms with E-state index in [1.165, 1.54) is 20.3 Å². The molecule has 0 aromatic rings. The lowest BCUT2D eigenvalue weighted by Crippen LogP contribution is -2.64. The molecule has 0 spiro atoms. The molecule has 0 aromatic heterocycles. The molecule has 4 fully saturated rings. The van der Waals surface area contributed by atoms with Crippen LogP contribution in [0.5, 0.6) is 0 Å². The molecule has 0 bridgehead atoms. The molecule has 4 saturated carbocycles. The van der Waals surface area contributed by atoms with Gasteiger partial charge in [0, 0.05) is 19.8 Å². The Morgan fingerprint density at radius 3 is 2.32 bits per heavy atom. The first-order valence-corrected chi connectivity index (χ1v) is 12.5. The van der Waals surface area contributed by atoms with Crippen molar-refractivity contribution < 1.29 is 24.2 Å². The molecule has 4 rings (SSSR count). The lowest BCUT2D eigenvalue weighted by molar-refractivity contribution is -0.225. The SMILES string of the molecule is CC(=O)O[C@@H]1CC[C@@]2(C)[C@@H](CC[C@@H]3[C@@H]4CC[C@H]([C@H](C)OC(C)=O)[C@]4(C)C[C@](C)(O)[C@@H]32)C1. The van der Waals surface area contributed by atoms with E-state index < -0.39 is 5.60 Å². The summed E-state index contributed by atoms with van der Waals surface area (Å²) in [6.45, 7) is 11.9. The number of hydrogen-bond acceptors (Lipinski definition) is 5. The number of carbonyl (C=O) groups is 2. The van der Waals surface area contributed by atoms with Crippen molar-refractivity contribution in [1.82, 2.24) is 0 Å². The minimum atomic E-state index is -0.740. The third-order valence-corrected chi connectivity index (χ3v) is 10.1. The van der Waals surface area contributed by atoms with Crippen LogP contribution in [0.4, 0.5) is 0 Å². The van der Waals surface area contributed by atoms with E-state index in [0.29, 0.717) is 23.7 Å². The molecule has 10 atom stereocenters. The molecule has 0 aromatic carbocycles. The highest BCUT2D eigenvalue weighted by atomic mass is 16.5. The van der Waals surface area contributed by atoms with Gasteiger partial charge >= 0.3 is 11.9 Å². The van der Waals surface area contributed by atoms with Gasteiger partial charge in [-0.05, 0) is 99.7 Å². The molecule has 176 valence electrons. The zero-order chi connectivity index (χ0) is 22.8. The first kappa shape index (κ1) is 23.1. The maximum atomic E-state index is 12.0. The Labute approximate surface area is 187 Å². The molecular weight excluding hydrogens is 392 g/mol. The molecule has 0 radical (unpaired) electrons. The van der Waals surface area contributed by atoms with Gasteiger partial charge in [-0.3, -0.25) is 9.59 Å². The molecule has 5 heteroatoms. The number of fused-ring (bicyclic) bond motifs is 5. The fraction of sp³-hybridized carbons (Fsp3) is 0.923. The van der Waals surface area contributed by atoms with Gasteiger partial charge in [0.15, 0.2) is 0 Å². The fourth-order valence-corrected chi connectivity index (χ4v) is 9.49. The van der Waals surface area contributed by atoms with Gasteiger partial charge in [-0.15, -0.1) is 0 Å². The smallest absolute Gasteiger partial charge is 0.302 e. The monoisotopic (exact) mass is 434 g/mol. The number of ether oxygens (including phenoxy) is 2. The number of esters is 2. The minimum absolute atomic E-state index is 0.00231. The lowest BCUT2D eigenvalue weighted by Gasteiger charge is -2.65. The lowest BCUT2D eigenvalue weighted by atomic mass is 9.41. The van der Waals surface area contributed by atoms with E-state index in [-0.39, 0.29) is 40.9 Å². The van der Waals surface area contributed by atoms with E-state index in [4.69, 9.17) is 9.47 Å². The Kier molecular flexibility index (Phi) is 5.76. The number of rotatable bonds is 3. The second-order valence-corrected chi connectivity index (χ2v) is 12.1. The zero-order valence-electron chi connectivity index (χ0n) is 20.3. The molecule has 1 N–H and O–H groups in total. The average molecular weight is 435 g/mol. The maximum Gasteiger partial charge on any atom is 0.302 e. The van der Waals surface area contributed by atoms with Gasteiger partial charge in [-0.25, -0.2) is 0 Å². The van der Waals surface area contributed by atoms with Crippen LogP contribution in [-0.2, 0) is 19.1 Å². The van der Waals surface area contributed by atoms with Gasteiger partial charge in [0.2, 0.25) is 0 Å². The molecule has 0 amide bonds. The van der Waals surface area contributed by atoms with E-state index in [9.17, 15) is 14.7 Å². The normalized spacial score (nSPS) is 49.9. The Hall–Kier alpha value is -1.10. The van der Waals surface area contributed by atoms with Crippen LogP contribution in [0.25, 0.3) is 0 Å². The van der Waals surface area contributed by atoms with Crippen LogP contribution in [0.3, 0.4) is 0 Å². The zero-order valence-corrected chi connectivity index (χ0v) is 20.3. The van der Waals surface area contributed by atoms with E-state index in [0.717, 1.165) is 44.9 Å². The summed E-state index contributed by atoms with van der Waals surface area (Å²) in [6.07, 6.45) is 8.09. The fourth-order valence-electron chi connectivity index (χ4n) is 9.49. The Morgan fingerprint density at radius 2 is 1.68 bits per heavy atom. The molecule has 4 aliphatic rings. The quantitative estimate of drug-likeness (QED) is 0.640. The summed E-state index contributed by atoms with van der Waals surface area (Å²) < 4.78 is 11.2. The predicted molar refractivity (Wildman–Crippen MR) is 118 cm³/mol. The van der Waals surface area contributed by atoms with Gasteiger partial charge in [-0.1, -0.05) is 13.8 Å². The van der Waals surface area contributed by atoms with Crippen LogP contribution >= 0.6 is 0 Å². The largest absolute Gasteiger partial charge is 0.463 e. The van der Waals surface area contributed by atoms with Gasteiger partial charge in [0.1, 0.15) is 12.2 Å². The Balaban J connectivity index is 1.60. The van der Waals surface area contributed by atoms with Crippen molar-refractivity contribution in [3.8, 4) is 0 Å². The van der Waals surface area contributed by atoms with Crippen LogP contribution in [0.1, 0.15) is 92.9 Å². The van der Waals surface area contributed by atoms with Crippen molar-refractivity contribution in [2.45, 2.75) is 111 Å². The molecule has 0 unspecified atom stereocenters. The number of aliphatic hydroxyl groups is 1. The van der Waals surface area contributed by atoms with Crippen LogP contribution < -0.4 is 0 Å². The van der Waals surface area contributed by atoms with Gasteiger partial charge < -0.3 is 14.6 Å². The molecule has 0 heterocycles. The second kappa shape index (κ2) is 7.74. The number of carbonyl (C=O) groups excluding carboxylic acids is 2. The first-order valence-electron chi connectivity index (χ1n) is 12.5. The topological polar surface area (TPSA) is 72.8 Å². The van der Waals surface area contributed by atoms with Crippen LogP contribution in [0.2, 0.25) is 0 Å². The first-order chi connectivity index (χ1) is 14.4. The summed E-state index contributed by atoms with van der Waals surface area (Å²) in [6, 6.07) is 0. The molecule has 0 aliphatic heterocycles. The molecule has 5 nitrogen and oxygen atoms in total. The van der Waals surface area contributed by atoms with Crippen molar-refractivity contribution in [3.63, 3.8) is 0 Å². The predicted octanol–water partition coefficient (Wildman–Crippen LogP) is 4.89. The van der Waals surface area contributed by atoms with Crippen molar-refractivity contribution >= 4 is 11.9 Å². The highest BCUT2D eigenvalue weighted by molar-refractivity contribution is 5.66. The second-order valence-electron chi connectivity index (χ2n) is 12.1. The Bertz CT molecular complexity index is 731. The summed E-state index contributed by atoms with van der Waals surface area (Å²) in [5, 5.41) is 12.0. The summed E-state index contributed by atoms with van der Waals surface area (Å²) in [4.78, 5) is 23.1. The van der Waals surface area contributed by atoms with Gasteiger partial charge in [-0.2, -0.15) is 0 Å². The molecule has 4 aliphatic carbocycles.